The van der Waals surface area contributed by atoms with Gasteiger partial charge in [0.15, 0.2) is 5.65 Å². The van der Waals surface area contributed by atoms with Crippen LogP contribution in [0.15, 0.2) is 60.7 Å². The van der Waals surface area contributed by atoms with Gasteiger partial charge in [-0.3, -0.25) is 0 Å². The van der Waals surface area contributed by atoms with Crippen molar-refractivity contribution in [1.29, 1.82) is 0 Å². The zero-order valence-corrected chi connectivity index (χ0v) is 13.1. The molecule has 2 heterocycles. The number of alkyl halides is 3. The quantitative estimate of drug-likeness (QED) is 0.546. The molecule has 0 fully saturated rings. The van der Waals surface area contributed by atoms with Gasteiger partial charge in [0.1, 0.15) is 5.75 Å². The molecule has 0 saturated heterocycles. The molecular weight excluding hydrogens is 345 g/mol. The summed E-state index contributed by atoms with van der Waals surface area (Å²) in [6.07, 6.45) is -4.66. The van der Waals surface area contributed by atoms with E-state index < -0.39 is 12.0 Å². The summed E-state index contributed by atoms with van der Waals surface area (Å²) < 4.78 is 45.1. The number of fused-ring (bicyclic) bond motifs is 1. The Morgan fingerprint density at radius 2 is 1.85 bits per heavy atom. The lowest BCUT2D eigenvalue weighted by Crippen LogP contribution is -2.12. The Balaban J connectivity index is 1.67. The van der Waals surface area contributed by atoms with Gasteiger partial charge in [0.25, 0.3) is 5.82 Å². The first-order valence-electron chi connectivity index (χ1n) is 7.55. The Bertz CT molecular complexity index is 1060. The Hall–Kier alpha value is -3.42. The minimum absolute atomic E-state index is 0.00279. The van der Waals surface area contributed by atoms with E-state index in [2.05, 4.69) is 21.4 Å². The molecule has 26 heavy (non-hydrogen) atoms. The van der Waals surface area contributed by atoms with Gasteiger partial charge in [-0.05, 0) is 35.4 Å². The Labute approximate surface area is 145 Å². The minimum atomic E-state index is -4.66. The van der Waals surface area contributed by atoms with Crippen LogP contribution in [0.3, 0.4) is 0 Å². The molecule has 4 rings (SSSR count). The lowest BCUT2D eigenvalue weighted by molar-refractivity contribution is -0.146. The monoisotopic (exact) mass is 355 g/mol. The molecule has 0 aliphatic carbocycles. The number of rotatable bonds is 3. The van der Waals surface area contributed by atoms with Crippen molar-refractivity contribution in [2.45, 2.75) is 6.18 Å². The first kappa shape index (κ1) is 16.1. The largest absolute Gasteiger partial charge is 0.453 e. The molecule has 2 aromatic heterocycles. The summed E-state index contributed by atoms with van der Waals surface area (Å²) in [5.41, 5.74) is 1.72. The normalized spacial score (nSPS) is 11.7. The second kappa shape index (κ2) is 6.14. The predicted octanol–water partition coefficient (Wildman–Crippen LogP) is 4.40. The number of hydrogen-bond acceptors (Lipinski definition) is 4. The maximum Gasteiger partial charge on any atom is 0.453 e. The van der Waals surface area contributed by atoms with E-state index in [-0.39, 0.29) is 11.5 Å². The summed E-state index contributed by atoms with van der Waals surface area (Å²) >= 11 is 0. The molecule has 1 radical (unpaired) electrons. The average molecular weight is 355 g/mol. The number of aromatic nitrogens is 4. The summed E-state index contributed by atoms with van der Waals surface area (Å²) in [5, 5.41) is 10.4. The maximum atomic E-state index is 12.9. The highest BCUT2D eigenvalue weighted by Gasteiger charge is 2.37. The van der Waals surface area contributed by atoms with Crippen LogP contribution in [0.1, 0.15) is 5.82 Å². The fourth-order valence-corrected chi connectivity index (χ4v) is 2.42. The highest BCUT2D eigenvalue weighted by Crippen LogP contribution is 2.29. The summed E-state index contributed by atoms with van der Waals surface area (Å²) in [7, 11) is 0. The van der Waals surface area contributed by atoms with E-state index >= 15 is 0 Å². The van der Waals surface area contributed by atoms with Gasteiger partial charge in [-0.15, -0.1) is 15.3 Å². The standard InChI is InChI=1S/C18H10F3N4O/c19-18(20,21)17-23-22-15-9-10-16(24-25(15)17)26-14-8-4-7-13(11-14)12-5-2-1-3-6-12/h1-5,7-11H. The van der Waals surface area contributed by atoms with Crippen LogP contribution in [-0.4, -0.2) is 19.8 Å². The summed E-state index contributed by atoms with van der Waals surface area (Å²) in [6.45, 7) is 0. The molecule has 0 spiro atoms. The van der Waals surface area contributed by atoms with E-state index in [1.807, 2.05) is 24.3 Å². The first-order valence-corrected chi connectivity index (χ1v) is 7.55. The van der Waals surface area contributed by atoms with Crippen molar-refractivity contribution in [3.8, 4) is 22.8 Å². The van der Waals surface area contributed by atoms with E-state index in [1.54, 1.807) is 24.3 Å². The minimum Gasteiger partial charge on any atom is -0.438 e. The second-order valence-corrected chi connectivity index (χ2v) is 5.37. The summed E-state index contributed by atoms with van der Waals surface area (Å²) in [6, 6.07) is 20.5. The zero-order valence-electron chi connectivity index (χ0n) is 13.1. The molecule has 0 saturated carbocycles. The van der Waals surface area contributed by atoms with Crippen LogP contribution >= 0.6 is 0 Å². The second-order valence-electron chi connectivity index (χ2n) is 5.37. The number of hydrogen-bond donors (Lipinski definition) is 0. The van der Waals surface area contributed by atoms with Crippen LogP contribution in [-0.2, 0) is 6.18 Å². The van der Waals surface area contributed by atoms with Crippen LogP contribution in [0.25, 0.3) is 16.8 Å². The number of nitrogens with zero attached hydrogens (tertiary/aromatic N) is 4. The van der Waals surface area contributed by atoms with Crippen molar-refractivity contribution in [3.63, 3.8) is 0 Å². The van der Waals surface area contributed by atoms with Gasteiger partial charge in [0.2, 0.25) is 5.88 Å². The van der Waals surface area contributed by atoms with Crippen molar-refractivity contribution < 1.29 is 17.9 Å². The highest BCUT2D eigenvalue weighted by molar-refractivity contribution is 5.64. The van der Waals surface area contributed by atoms with Crippen molar-refractivity contribution >= 4 is 5.65 Å². The molecule has 8 heteroatoms. The molecule has 0 unspecified atom stereocenters. The van der Waals surface area contributed by atoms with Crippen LogP contribution < -0.4 is 4.74 Å². The van der Waals surface area contributed by atoms with E-state index in [1.165, 1.54) is 12.1 Å². The maximum absolute atomic E-state index is 12.9. The van der Waals surface area contributed by atoms with Crippen molar-refractivity contribution in [2.75, 3.05) is 0 Å². The van der Waals surface area contributed by atoms with Gasteiger partial charge in [-0.1, -0.05) is 36.4 Å². The van der Waals surface area contributed by atoms with E-state index in [0.717, 1.165) is 11.1 Å². The van der Waals surface area contributed by atoms with Crippen LogP contribution in [0.5, 0.6) is 11.6 Å². The molecule has 5 nitrogen and oxygen atoms in total. The Morgan fingerprint density at radius 3 is 2.62 bits per heavy atom. The van der Waals surface area contributed by atoms with Gasteiger partial charge in [0, 0.05) is 6.07 Å². The fraction of sp³-hybridized carbons (Fsp3) is 0.0556. The molecule has 129 valence electrons. The smallest absolute Gasteiger partial charge is 0.438 e. The Morgan fingerprint density at radius 1 is 0.962 bits per heavy atom. The molecule has 2 aromatic carbocycles. The van der Waals surface area contributed by atoms with Gasteiger partial charge >= 0.3 is 6.18 Å². The number of halogens is 3. The van der Waals surface area contributed by atoms with Crippen molar-refractivity contribution in [3.05, 3.63) is 72.6 Å². The van der Waals surface area contributed by atoms with Crippen molar-refractivity contribution in [1.82, 2.24) is 19.8 Å². The summed E-state index contributed by atoms with van der Waals surface area (Å²) in [4.78, 5) is 0. The fourth-order valence-electron chi connectivity index (χ4n) is 2.42. The predicted molar refractivity (Wildman–Crippen MR) is 86.6 cm³/mol. The zero-order chi connectivity index (χ0) is 18.1. The van der Waals surface area contributed by atoms with E-state index in [9.17, 15) is 13.2 Å². The SMILES string of the molecule is FC(F)(F)c1nnc2ccc(Oc3cccc(-c4[c]cccc4)c3)nn12. The molecular formula is C18H10F3N4O. The van der Waals surface area contributed by atoms with Gasteiger partial charge in [-0.2, -0.15) is 17.7 Å². The molecule has 0 bridgehead atoms. The third kappa shape index (κ3) is 3.08. The number of benzene rings is 2. The van der Waals surface area contributed by atoms with Crippen LogP contribution in [0.2, 0.25) is 0 Å². The average Bonchev–Trinajstić information content (AvgIpc) is 3.06. The lowest BCUT2D eigenvalue weighted by atomic mass is 10.1. The van der Waals surface area contributed by atoms with Crippen LogP contribution in [0, 0.1) is 6.07 Å². The first-order chi connectivity index (χ1) is 12.5. The molecule has 0 N–H and O–H groups in total. The molecule has 0 atom stereocenters. The van der Waals surface area contributed by atoms with Gasteiger partial charge < -0.3 is 4.74 Å². The summed E-state index contributed by atoms with van der Waals surface area (Å²) in [5.74, 6) is -0.768. The van der Waals surface area contributed by atoms with Crippen molar-refractivity contribution in [2.24, 2.45) is 0 Å². The molecule has 0 aliphatic heterocycles. The molecule has 0 aliphatic rings. The molecule has 0 amide bonds. The van der Waals surface area contributed by atoms with E-state index in [0.29, 0.717) is 10.3 Å². The third-order valence-corrected chi connectivity index (χ3v) is 3.57. The van der Waals surface area contributed by atoms with E-state index in [4.69, 9.17) is 4.74 Å². The molecule has 4 aromatic rings. The lowest BCUT2D eigenvalue weighted by Gasteiger charge is -2.08. The highest BCUT2D eigenvalue weighted by atomic mass is 19.4. The topological polar surface area (TPSA) is 52.3 Å². The number of ether oxygens (including phenoxy) is 1. The van der Waals surface area contributed by atoms with Gasteiger partial charge in [-0.25, -0.2) is 0 Å². The van der Waals surface area contributed by atoms with Gasteiger partial charge in [0.05, 0.1) is 0 Å². The third-order valence-electron chi connectivity index (χ3n) is 3.57. The van der Waals surface area contributed by atoms with Crippen LogP contribution in [0.4, 0.5) is 13.2 Å². The Kier molecular flexibility index (Phi) is 3.80.